The van der Waals surface area contributed by atoms with Crippen LogP contribution in [0.4, 0.5) is 5.69 Å². The predicted octanol–water partition coefficient (Wildman–Crippen LogP) is 3.39. The molecule has 0 amide bonds. The number of nitriles is 1. The van der Waals surface area contributed by atoms with Gasteiger partial charge in [-0.25, -0.2) is 4.98 Å². The van der Waals surface area contributed by atoms with Crippen molar-refractivity contribution in [3.8, 4) is 11.8 Å². The Morgan fingerprint density at radius 1 is 1.36 bits per heavy atom. The summed E-state index contributed by atoms with van der Waals surface area (Å²) in [6, 6.07) is 10.5. The van der Waals surface area contributed by atoms with Crippen LogP contribution in [0.5, 0.6) is 5.75 Å². The van der Waals surface area contributed by atoms with E-state index >= 15 is 0 Å². The van der Waals surface area contributed by atoms with Crippen molar-refractivity contribution in [2.24, 2.45) is 0 Å². The topological polar surface area (TPSA) is 119 Å². The largest absolute Gasteiger partial charge is 0.482 e. The first-order chi connectivity index (χ1) is 12.0. The number of nitrogens with zero attached hydrogens (tertiary/aromatic N) is 3. The van der Waals surface area contributed by atoms with Crippen LogP contribution < -0.4 is 4.74 Å². The lowest BCUT2D eigenvalue weighted by Gasteiger charge is -2.05. The van der Waals surface area contributed by atoms with Crippen LogP contribution in [0.25, 0.3) is 11.1 Å². The van der Waals surface area contributed by atoms with E-state index in [-0.39, 0.29) is 35.3 Å². The molecule has 8 nitrogen and oxygen atoms in total. The molecule has 0 aliphatic rings. The zero-order valence-corrected chi connectivity index (χ0v) is 13.1. The number of non-ortho nitro benzene ring substituents is 1. The highest BCUT2D eigenvalue weighted by atomic mass is 16.6. The second kappa shape index (κ2) is 6.41. The normalized spacial score (nSPS) is 10.4. The van der Waals surface area contributed by atoms with Gasteiger partial charge in [0, 0.05) is 17.7 Å². The fourth-order valence-corrected chi connectivity index (χ4v) is 2.24. The molecule has 0 N–H and O–H groups in total. The molecular formula is C17H11N3O5. The highest BCUT2D eigenvalue weighted by molar-refractivity contribution is 5.96. The van der Waals surface area contributed by atoms with Crippen LogP contribution in [-0.2, 0) is 6.61 Å². The molecule has 3 aromatic rings. The van der Waals surface area contributed by atoms with Gasteiger partial charge in [-0.1, -0.05) is 0 Å². The number of fused-ring (bicyclic) bond motifs is 1. The second-order valence-electron chi connectivity index (χ2n) is 5.18. The summed E-state index contributed by atoms with van der Waals surface area (Å²) in [4.78, 5) is 25.8. The molecule has 124 valence electrons. The highest BCUT2D eigenvalue weighted by Crippen LogP contribution is 2.25. The Bertz CT molecular complexity index is 1030. The molecule has 0 saturated heterocycles. The number of carbonyl (C=O) groups excluding carboxylic acids is 1. The number of nitro benzene ring substituents is 1. The molecule has 0 fully saturated rings. The molecule has 25 heavy (non-hydrogen) atoms. The first-order valence-electron chi connectivity index (χ1n) is 7.19. The number of ketones is 1. The van der Waals surface area contributed by atoms with E-state index in [1.807, 2.05) is 6.07 Å². The van der Waals surface area contributed by atoms with Crippen LogP contribution in [0.3, 0.4) is 0 Å². The number of hydrogen-bond acceptors (Lipinski definition) is 7. The standard InChI is InChI=1S/C17H11N3O5/c1-10(21)11-2-4-14-16(7-11)25-17(19-14)9-24-15-5-3-13(20(22)23)6-12(15)8-18/h2-7H,9H2,1H3. The number of carbonyl (C=O) groups is 1. The molecular weight excluding hydrogens is 326 g/mol. The van der Waals surface area contributed by atoms with Gasteiger partial charge in [0.25, 0.3) is 5.69 Å². The molecule has 1 heterocycles. The van der Waals surface area contributed by atoms with Crippen molar-refractivity contribution < 1.29 is 18.9 Å². The second-order valence-corrected chi connectivity index (χ2v) is 5.18. The van der Waals surface area contributed by atoms with Gasteiger partial charge in [0.15, 0.2) is 18.0 Å². The summed E-state index contributed by atoms with van der Waals surface area (Å²) in [5.41, 5.74) is 1.40. The summed E-state index contributed by atoms with van der Waals surface area (Å²) < 4.78 is 11.0. The molecule has 1 aromatic heterocycles. The van der Waals surface area contributed by atoms with Gasteiger partial charge >= 0.3 is 0 Å². The molecule has 0 bridgehead atoms. The molecule has 2 aromatic carbocycles. The van der Waals surface area contributed by atoms with Crippen molar-refractivity contribution in [3.63, 3.8) is 0 Å². The fraction of sp³-hybridized carbons (Fsp3) is 0.118. The first-order valence-corrected chi connectivity index (χ1v) is 7.19. The van der Waals surface area contributed by atoms with E-state index in [9.17, 15) is 14.9 Å². The number of benzene rings is 2. The van der Waals surface area contributed by atoms with E-state index in [0.29, 0.717) is 16.7 Å². The summed E-state index contributed by atoms with van der Waals surface area (Å²) in [5.74, 6) is 0.373. The first kappa shape index (κ1) is 16.1. The third-order valence-corrected chi connectivity index (χ3v) is 3.48. The van der Waals surface area contributed by atoms with Crippen LogP contribution >= 0.6 is 0 Å². The number of hydrogen-bond donors (Lipinski definition) is 0. The van der Waals surface area contributed by atoms with E-state index < -0.39 is 4.92 Å². The van der Waals surface area contributed by atoms with Crippen LogP contribution in [0.2, 0.25) is 0 Å². The van der Waals surface area contributed by atoms with Crippen LogP contribution in [0.15, 0.2) is 40.8 Å². The van der Waals surface area contributed by atoms with Gasteiger partial charge in [0.05, 0.1) is 4.92 Å². The monoisotopic (exact) mass is 337 g/mol. The molecule has 0 aliphatic carbocycles. The summed E-state index contributed by atoms with van der Waals surface area (Å²) in [6.45, 7) is 1.40. The van der Waals surface area contributed by atoms with Crippen molar-refractivity contribution in [3.05, 3.63) is 63.5 Å². The zero-order valence-electron chi connectivity index (χ0n) is 13.1. The molecule has 0 spiro atoms. The van der Waals surface area contributed by atoms with Gasteiger partial charge < -0.3 is 9.15 Å². The van der Waals surface area contributed by atoms with Gasteiger partial charge in [-0.3, -0.25) is 14.9 Å². The maximum atomic E-state index is 11.4. The van der Waals surface area contributed by atoms with Gasteiger partial charge in [0.2, 0.25) is 5.89 Å². The average molecular weight is 337 g/mol. The van der Waals surface area contributed by atoms with Gasteiger partial charge in [-0.15, -0.1) is 0 Å². The van der Waals surface area contributed by atoms with E-state index in [4.69, 9.17) is 14.4 Å². The average Bonchev–Trinajstić information content (AvgIpc) is 3.01. The minimum atomic E-state index is -0.585. The molecule has 8 heteroatoms. The van der Waals surface area contributed by atoms with Crippen molar-refractivity contribution in [2.45, 2.75) is 13.5 Å². The maximum Gasteiger partial charge on any atom is 0.271 e. The summed E-state index contributed by atoms with van der Waals surface area (Å²) in [6.07, 6.45) is 0. The SMILES string of the molecule is CC(=O)c1ccc2nc(COc3ccc([N+](=O)[O-])cc3C#N)oc2c1. The summed E-state index contributed by atoms with van der Waals surface area (Å²) >= 11 is 0. The van der Waals surface area contributed by atoms with E-state index in [1.54, 1.807) is 18.2 Å². The van der Waals surface area contributed by atoms with Crippen molar-refractivity contribution in [2.75, 3.05) is 0 Å². The van der Waals surface area contributed by atoms with Crippen molar-refractivity contribution in [1.82, 2.24) is 4.98 Å². The Morgan fingerprint density at radius 3 is 2.84 bits per heavy atom. The summed E-state index contributed by atoms with van der Waals surface area (Å²) in [7, 11) is 0. The number of oxazole rings is 1. The predicted molar refractivity (Wildman–Crippen MR) is 86.2 cm³/mol. The smallest absolute Gasteiger partial charge is 0.271 e. The third kappa shape index (κ3) is 3.30. The number of Topliss-reactive ketones (excluding diaryl/α,β-unsaturated/α-hetero) is 1. The molecule has 0 aliphatic heterocycles. The molecule has 0 radical (unpaired) electrons. The minimum Gasteiger partial charge on any atom is -0.482 e. The van der Waals surface area contributed by atoms with E-state index in [2.05, 4.69) is 4.98 Å². The minimum absolute atomic E-state index is 0.0455. The summed E-state index contributed by atoms with van der Waals surface area (Å²) in [5, 5.41) is 19.8. The number of rotatable bonds is 5. The molecule has 0 atom stereocenters. The van der Waals surface area contributed by atoms with Crippen LogP contribution in [-0.4, -0.2) is 15.7 Å². The Hall–Kier alpha value is -3.73. The Kier molecular flexibility index (Phi) is 4.14. The zero-order chi connectivity index (χ0) is 18.0. The Balaban J connectivity index is 1.82. The van der Waals surface area contributed by atoms with Gasteiger partial charge in [-0.05, 0) is 31.2 Å². The van der Waals surface area contributed by atoms with E-state index in [1.165, 1.54) is 19.1 Å². The van der Waals surface area contributed by atoms with Crippen molar-refractivity contribution >= 4 is 22.6 Å². The molecule has 3 rings (SSSR count). The number of ether oxygens (including phenoxy) is 1. The molecule has 0 saturated carbocycles. The van der Waals surface area contributed by atoms with Crippen LogP contribution in [0.1, 0.15) is 28.7 Å². The van der Waals surface area contributed by atoms with E-state index in [0.717, 1.165) is 6.07 Å². The van der Waals surface area contributed by atoms with Crippen LogP contribution in [0, 0.1) is 21.4 Å². The quantitative estimate of drug-likeness (QED) is 0.397. The third-order valence-electron chi connectivity index (χ3n) is 3.48. The Labute approximate surface area is 141 Å². The lowest BCUT2D eigenvalue weighted by Crippen LogP contribution is -1.98. The number of aromatic nitrogens is 1. The highest BCUT2D eigenvalue weighted by Gasteiger charge is 2.13. The number of nitro groups is 1. The van der Waals surface area contributed by atoms with Gasteiger partial charge in [0.1, 0.15) is 22.9 Å². The Morgan fingerprint density at radius 2 is 2.16 bits per heavy atom. The van der Waals surface area contributed by atoms with Gasteiger partial charge in [-0.2, -0.15) is 5.26 Å². The maximum absolute atomic E-state index is 11.4. The molecule has 0 unspecified atom stereocenters. The van der Waals surface area contributed by atoms with Crippen molar-refractivity contribution in [1.29, 1.82) is 5.26 Å². The fourth-order valence-electron chi connectivity index (χ4n) is 2.24. The lowest BCUT2D eigenvalue weighted by molar-refractivity contribution is -0.384. The lowest BCUT2D eigenvalue weighted by atomic mass is 10.1.